The molecule has 0 fully saturated rings. The summed E-state index contributed by atoms with van der Waals surface area (Å²) in [5.41, 5.74) is 0.195. The Morgan fingerprint density at radius 1 is 1.32 bits per heavy atom. The lowest BCUT2D eigenvalue weighted by Gasteiger charge is -2.05. The van der Waals surface area contributed by atoms with E-state index in [4.69, 9.17) is 21.4 Å². The van der Waals surface area contributed by atoms with E-state index in [0.29, 0.717) is 5.02 Å². The number of benzene rings is 1. The van der Waals surface area contributed by atoms with Crippen molar-refractivity contribution in [2.75, 3.05) is 0 Å². The molecular formula is C13H10ClNO4. The third-order valence-corrected chi connectivity index (χ3v) is 2.67. The van der Waals surface area contributed by atoms with Crippen LogP contribution in [0.1, 0.15) is 16.1 Å². The Morgan fingerprint density at radius 2 is 2.00 bits per heavy atom. The molecule has 19 heavy (non-hydrogen) atoms. The van der Waals surface area contributed by atoms with Crippen molar-refractivity contribution in [2.45, 2.75) is 6.61 Å². The zero-order valence-corrected chi connectivity index (χ0v) is 10.5. The third kappa shape index (κ3) is 3.35. The van der Waals surface area contributed by atoms with Crippen molar-refractivity contribution in [2.24, 2.45) is 0 Å². The molecule has 0 unspecified atom stereocenters. The number of halogens is 1. The number of pyridine rings is 1. The van der Waals surface area contributed by atoms with Crippen LogP contribution in [0.5, 0.6) is 5.75 Å². The zero-order valence-electron chi connectivity index (χ0n) is 9.72. The molecule has 0 amide bonds. The average Bonchev–Trinajstić information content (AvgIpc) is 2.39. The Morgan fingerprint density at radius 3 is 2.58 bits per heavy atom. The van der Waals surface area contributed by atoms with Gasteiger partial charge < -0.3 is 14.8 Å². The second-order valence-corrected chi connectivity index (χ2v) is 4.23. The Labute approximate surface area is 113 Å². The van der Waals surface area contributed by atoms with Crippen LogP contribution in [0.4, 0.5) is 0 Å². The molecule has 6 heteroatoms. The van der Waals surface area contributed by atoms with Crippen LogP contribution < -0.4 is 10.2 Å². The number of ether oxygens (including phenoxy) is 1. The first-order valence-electron chi connectivity index (χ1n) is 5.39. The number of nitrogens with one attached hydrogen (secondary N) is 1. The maximum Gasteiger partial charge on any atom is 0.352 e. The van der Waals surface area contributed by atoms with E-state index in [9.17, 15) is 9.59 Å². The minimum atomic E-state index is -1.19. The highest BCUT2D eigenvalue weighted by Crippen LogP contribution is 2.11. The maximum absolute atomic E-state index is 11.6. The minimum absolute atomic E-state index is 0.0694. The van der Waals surface area contributed by atoms with Gasteiger partial charge in [-0.2, -0.15) is 0 Å². The number of aromatic nitrogens is 1. The van der Waals surface area contributed by atoms with Crippen LogP contribution in [0.25, 0.3) is 0 Å². The van der Waals surface area contributed by atoms with Crippen molar-refractivity contribution in [1.29, 1.82) is 0 Å². The van der Waals surface area contributed by atoms with Crippen LogP contribution in [0.3, 0.4) is 0 Å². The van der Waals surface area contributed by atoms with Crippen LogP contribution in [0.2, 0.25) is 5.02 Å². The number of H-pyrrole nitrogens is 1. The van der Waals surface area contributed by atoms with Gasteiger partial charge >= 0.3 is 5.97 Å². The monoisotopic (exact) mass is 279 g/mol. The van der Waals surface area contributed by atoms with E-state index in [1.165, 1.54) is 6.20 Å². The summed E-state index contributed by atoms with van der Waals surface area (Å²) < 4.78 is 5.32. The minimum Gasteiger partial charge on any atom is -0.483 e. The van der Waals surface area contributed by atoms with Gasteiger partial charge in [0.15, 0.2) is 5.75 Å². The quantitative estimate of drug-likeness (QED) is 0.900. The van der Waals surface area contributed by atoms with Gasteiger partial charge in [-0.1, -0.05) is 23.7 Å². The normalized spacial score (nSPS) is 10.2. The Bertz CT molecular complexity index is 648. The first-order chi connectivity index (χ1) is 9.06. The molecule has 98 valence electrons. The summed E-state index contributed by atoms with van der Waals surface area (Å²) in [4.78, 5) is 24.7. The molecule has 0 aliphatic heterocycles. The molecule has 1 aromatic heterocycles. The van der Waals surface area contributed by atoms with Crippen LogP contribution in [0, 0.1) is 0 Å². The van der Waals surface area contributed by atoms with Crippen LogP contribution in [-0.2, 0) is 6.61 Å². The van der Waals surface area contributed by atoms with Gasteiger partial charge in [0.05, 0.1) is 0 Å². The molecule has 1 aromatic carbocycles. The molecule has 0 atom stereocenters. The third-order valence-electron chi connectivity index (χ3n) is 2.42. The molecule has 0 bridgehead atoms. The van der Waals surface area contributed by atoms with E-state index in [0.717, 1.165) is 11.6 Å². The molecule has 0 saturated heterocycles. The fourth-order valence-corrected chi connectivity index (χ4v) is 1.56. The first-order valence-corrected chi connectivity index (χ1v) is 5.77. The molecule has 2 aromatic rings. The largest absolute Gasteiger partial charge is 0.483 e. The Balaban J connectivity index is 2.10. The molecule has 2 N–H and O–H groups in total. The van der Waals surface area contributed by atoms with Gasteiger partial charge in [-0.3, -0.25) is 4.79 Å². The summed E-state index contributed by atoms with van der Waals surface area (Å²) in [6.07, 6.45) is 1.24. The molecule has 2 rings (SSSR count). The predicted octanol–water partition coefficient (Wildman–Crippen LogP) is 2.31. The highest BCUT2D eigenvalue weighted by atomic mass is 35.5. The molecule has 0 saturated carbocycles. The Hall–Kier alpha value is -2.27. The van der Waals surface area contributed by atoms with Crippen LogP contribution in [0.15, 0.2) is 41.3 Å². The second-order valence-electron chi connectivity index (χ2n) is 3.80. The van der Waals surface area contributed by atoms with E-state index in [1.807, 2.05) is 0 Å². The predicted molar refractivity (Wildman–Crippen MR) is 69.8 cm³/mol. The molecule has 5 nitrogen and oxygen atoms in total. The summed E-state index contributed by atoms with van der Waals surface area (Å²) in [5.74, 6) is -1.12. The van der Waals surface area contributed by atoms with Gasteiger partial charge in [-0.25, -0.2) is 4.79 Å². The lowest BCUT2D eigenvalue weighted by atomic mass is 10.2. The molecule has 0 aliphatic carbocycles. The SMILES string of the molecule is O=C(O)c1cc(=O)c(OCc2ccc(Cl)cc2)c[nH]1. The first kappa shape index (κ1) is 13.2. The lowest BCUT2D eigenvalue weighted by Crippen LogP contribution is -2.12. The summed E-state index contributed by atoms with van der Waals surface area (Å²) in [6.45, 7) is 0.201. The summed E-state index contributed by atoms with van der Waals surface area (Å²) in [7, 11) is 0. The van der Waals surface area contributed by atoms with E-state index >= 15 is 0 Å². The molecular weight excluding hydrogens is 270 g/mol. The molecule has 0 radical (unpaired) electrons. The van der Waals surface area contributed by atoms with Crippen molar-refractivity contribution in [3.05, 3.63) is 63.0 Å². The molecule has 0 aliphatic rings. The lowest BCUT2D eigenvalue weighted by molar-refractivity contribution is 0.0690. The zero-order chi connectivity index (χ0) is 13.8. The number of aromatic carboxylic acids is 1. The summed E-state index contributed by atoms with van der Waals surface area (Å²) in [6, 6.07) is 7.99. The highest BCUT2D eigenvalue weighted by molar-refractivity contribution is 6.30. The Kier molecular flexibility index (Phi) is 3.87. The van der Waals surface area contributed by atoms with Crippen molar-refractivity contribution >= 4 is 17.6 Å². The van der Waals surface area contributed by atoms with Crippen molar-refractivity contribution < 1.29 is 14.6 Å². The van der Waals surface area contributed by atoms with E-state index in [-0.39, 0.29) is 18.1 Å². The second kappa shape index (κ2) is 5.58. The number of aromatic amines is 1. The smallest absolute Gasteiger partial charge is 0.352 e. The van der Waals surface area contributed by atoms with Crippen LogP contribution >= 0.6 is 11.6 Å². The number of hydrogen-bond acceptors (Lipinski definition) is 3. The topological polar surface area (TPSA) is 79.4 Å². The van der Waals surface area contributed by atoms with Gasteiger partial charge in [0, 0.05) is 17.3 Å². The van der Waals surface area contributed by atoms with E-state index < -0.39 is 11.4 Å². The fourth-order valence-electron chi connectivity index (χ4n) is 1.44. The maximum atomic E-state index is 11.6. The summed E-state index contributed by atoms with van der Waals surface area (Å²) in [5, 5.41) is 9.33. The number of rotatable bonds is 4. The molecule has 1 heterocycles. The number of carboxylic acid groups (broad SMARTS) is 1. The standard InChI is InChI=1S/C13H10ClNO4/c14-9-3-1-8(2-4-9)7-19-12-6-15-10(13(17)18)5-11(12)16/h1-6H,7H2,(H,15,16)(H,17,18). The van der Waals surface area contributed by atoms with Crippen molar-refractivity contribution in [1.82, 2.24) is 4.98 Å². The fraction of sp³-hybridized carbons (Fsp3) is 0.0769. The number of carbonyl (C=O) groups is 1. The van der Waals surface area contributed by atoms with Crippen molar-refractivity contribution in [3.8, 4) is 5.75 Å². The van der Waals surface area contributed by atoms with Gasteiger partial charge in [0.1, 0.15) is 12.3 Å². The highest BCUT2D eigenvalue weighted by Gasteiger charge is 2.07. The van der Waals surface area contributed by atoms with E-state index in [1.54, 1.807) is 24.3 Å². The van der Waals surface area contributed by atoms with Gasteiger partial charge in [0.25, 0.3) is 0 Å². The average molecular weight is 280 g/mol. The van der Waals surface area contributed by atoms with Gasteiger partial charge in [0.2, 0.25) is 5.43 Å². The molecule has 0 spiro atoms. The number of carboxylic acids is 1. The van der Waals surface area contributed by atoms with Gasteiger partial charge in [-0.05, 0) is 17.7 Å². The number of hydrogen-bond donors (Lipinski definition) is 2. The van der Waals surface area contributed by atoms with Crippen LogP contribution in [-0.4, -0.2) is 16.1 Å². The van der Waals surface area contributed by atoms with Crippen molar-refractivity contribution in [3.63, 3.8) is 0 Å². The van der Waals surface area contributed by atoms with Gasteiger partial charge in [-0.15, -0.1) is 0 Å². The summed E-state index contributed by atoms with van der Waals surface area (Å²) >= 11 is 5.75. The van der Waals surface area contributed by atoms with E-state index in [2.05, 4.69) is 4.98 Å².